The lowest BCUT2D eigenvalue weighted by Crippen LogP contribution is -2.56. The lowest BCUT2D eigenvalue weighted by molar-refractivity contribution is -0.162. The van der Waals surface area contributed by atoms with Crippen LogP contribution in [0.25, 0.3) is 0 Å². The third-order valence-electron chi connectivity index (χ3n) is 5.12. The van der Waals surface area contributed by atoms with Crippen LogP contribution in [0.1, 0.15) is 19.3 Å². The van der Waals surface area contributed by atoms with E-state index in [9.17, 15) is 22.4 Å². The minimum Gasteiger partial charge on any atom is -0.369 e. The van der Waals surface area contributed by atoms with Gasteiger partial charge in [-0.1, -0.05) is 0 Å². The number of hydrogen-bond donors (Lipinski definition) is 0. The molecule has 0 aromatic heterocycles. The predicted molar refractivity (Wildman–Crippen MR) is 90.5 cm³/mol. The summed E-state index contributed by atoms with van der Waals surface area (Å²) in [7, 11) is 0. The monoisotopic (exact) mass is 373 g/mol. The van der Waals surface area contributed by atoms with Gasteiger partial charge in [-0.2, -0.15) is 13.2 Å². The molecule has 0 radical (unpaired) electrons. The summed E-state index contributed by atoms with van der Waals surface area (Å²) in [6.07, 6.45) is -4.21. The third-order valence-corrected chi connectivity index (χ3v) is 5.12. The number of nitrogens with zero attached hydrogens (tertiary/aromatic N) is 3. The van der Waals surface area contributed by atoms with E-state index in [-0.39, 0.29) is 11.9 Å². The first-order chi connectivity index (χ1) is 12.3. The smallest absolute Gasteiger partial charge is 0.369 e. The van der Waals surface area contributed by atoms with Gasteiger partial charge in [0.2, 0.25) is 5.91 Å². The van der Waals surface area contributed by atoms with Gasteiger partial charge in [0.25, 0.3) is 0 Å². The molecule has 1 aromatic rings. The Kier molecular flexibility index (Phi) is 5.70. The third kappa shape index (κ3) is 4.87. The maximum atomic E-state index is 13.0. The van der Waals surface area contributed by atoms with E-state index in [2.05, 4.69) is 9.80 Å². The highest BCUT2D eigenvalue weighted by molar-refractivity contribution is 5.77. The molecule has 0 aliphatic carbocycles. The molecule has 2 aliphatic heterocycles. The lowest BCUT2D eigenvalue weighted by atomic mass is 10.0. The first-order valence-electron chi connectivity index (χ1n) is 8.91. The van der Waals surface area contributed by atoms with Gasteiger partial charge in [-0.15, -0.1) is 0 Å². The molecule has 2 aliphatic rings. The average Bonchev–Trinajstić information content (AvgIpc) is 2.61. The van der Waals surface area contributed by atoms with Gasteiger partial charge in [-0.3, -0.25) is 9.69 Å². The Morgan fingerprint density at radius 3 is 2.31 bits per heavy atom. The number of piperazine rings is 1. The Hall–Kier alpha value is -1.83. The number of hydrogen-bond acceptors (Lipinski definition) is 3. The van der Waals surface area contributed by atoms with Crippen LogP contribution < -0.4 is 4.90 Å². The van der Waals surface area contributed by atoms with Crippen molar-refractivity contribution in [3.63, 3.8) is 0 Å². The Morgan fingerprint density at radius 2 is 1.69 bits per heavy atom. The van der Waals surface area contributed by atoms with Crippen LogP contribution in [0.2, 0.25) is 0 Å². The van der Waals surface area contributed by atoms with E-state index >= 15 is 0 Å². The summed E-state index contributed by atoms with van der Waals surface area (Å²) in [5.41, 5.74) is 0.969. The van der Waals surface area contributed by atoms with Gasteiger partial charge in [-0.25, -0.2) is 4.39 Å². The highest BCUT2D eigenvalue weighted by Crippen LogP contribution is 2.24. The van der Waals surface area contributed by atoms with E-state index < -0.39 is 18.5 Å². The maximum Gasteiger partial charge on any atom is 0.397 e. The quantitative estimate of drug-likeness (QED) is 0.763. The van der Waals surface area contributed by atoms with Gasteiger partial charge < -0.3 is 9.80 Å². The van der Waals surface area contributed by atoms with Crippen LogP contribution >= 0.6 is 0 Å². The van der Waals surface area contributed by atoms with E-state index in [0.29, 0.717) is 13.1 Å². The highest BCUT2D eigenvalue weighted by atomic mass is 19.4. The molecule has 0 N–H and O–H groups in total. The molecule has 3 rings (SSSR count). The average molecular weight is 373 g/mol. The summed E-state index contributed by atoms with van der Waals surface area (Å²) in [6.45, 7) is 3.89. The van der Waals surface area contributed by atoms with Crippen LogP contribution in [0.3, 0.4) is 0 Å². The van der Waals surface area contributed by atoms with Crippen molar-refractivity contribution in [2.24, 2.45) is 0 Å². The number of likely N-dealkylation sites (tertiary alicyclic amines) is 1. The molecule has 4 nitrogen and oxygen atoms in total. The molecule has 2 saturated heterocycles. The largest absolute Gasteiger partial charge is 0.397 e. The van der Waals surface area contributed by atoms with Crippen LogP contribution in [0.4, 0.5) is 23.2 Å². The molecule has 144 valence electrons. The Morgan fingerprint density at radius 1 is 1.04 bits per heavy atom. The molecule has 1 amide bonds. The van der Waals surface area contributed by atoms with E-state index in [0.717, 1.165) is 44.7 Å². The number of benzene rings is 1. The van der Waals surface area contributed by atoms with Crippen molar-refractivity contribution >= 4 is 11.6 Å². The number of rotatable bonds is 3. The van der Waals surface area contributed by atoms with E-state index in [1.807, 2.05) is 0 Å². The summed E-state index contributed by atoms with van der Waals surface area (Å²) in [6, 6.07) is 6.49. The summed E-state index contributed by atoms with van der Waals surface area (Å²) in [5.74, 6) is -1.09. The van der Waals surface area contributed by atoms with Crippen molar-refractivity contribution in [2.75, 3.05) is 44.2 Å². The number of alkyl halides is 3. The molecule has 2 heterocycles. The zero-order valence-corrected chi connectivity index (χ0v) is 14.5. The number of halogens is 4. The summed E-state index contributed by atoms with van der Waals surface area (Å²) >= 11 is 0. The second-order valence-corrected chi connectivity index (χ2v) is 6.93. The van der Waals surface area contributed by atoms with Crippen molar-refractivity contribution in [3.05, 3.63) is 30.1 Å². The van der Waals surface area contributed by atoms with Crippen molar-refractivity contribution in [2.45, 2.75) is 31.5 Å². The molecule has 1 atom stereocenters. The fourth-order valence-electron chi connectivity index (χ4n) is 3.76. The van der Waals surface area contributed by atoms with E-state index in [1.54, 1.807) is 12.1 Å². The number of amides is 1. The molecule has 0 spiro atoms. The normalized spacial score (nSPS) is 22.5. The molecule has 2 fully saturated rings. The topological polar surface area (TPSA) is 26.8 Å². The zero-order chi connectivity index (χ0) is 18.7. The predicted octanol–water partition coefficient (Wildman–Crippen LogP) is 2.89. The van der Waals surface area contributed by atoms with Crippen molar-refractivity contribution in [3.8, 4) is 0 Å². The second kappa shape index (κ2) is 7.82. The summed E-state index contributed by atoms with van der Waals surface area (Å²) in [4.78, 5) is 17.6. The molecule has 1 aromatic carbocycles. The Bertz CT molecular complexity index is 612. The van der Waals surface area contributed by atoms with Crippen molar-refractivity contribution < 1.29 is 22.4 Å². The van der Waals surface area contributed by atoms with Gasteiger partial charge in [0.05, 0.1) is 0 Å². The summed E-state index contributed by atoms with van der Waals surface area (Å²) < 4.78 is 50.4. The fraction of sp³-hybridized carbons (Fsp3) is 0.611. The molecule has 1 unspecified atom stereocenters. The number of carbonyl (C=O) groups is 1. The molecular weight excluding hydrogens is 350 g/mol. The molecule has 8 heteroatoms. The molecule has 0 bridgehead atoms. The van der Waals surface area contributed by atoms with Crippen LogP contribution in [0.15, 0.2) is 24.3 Å². The first-order valence-corrected chi connectivity index (χ1v) is 8.91. The van der Waals surface area contributed by atoms with Gasteiger partial charge >= 0.3 is 6.18 Å². The minimum atomic E-state index is -4.45. The minimum absolute atomic E-state index is 0.108. The van der Waals surface area contributed by atoms with Gasteiger partial charge in [0.1, 0.15) is 12.2 Å². The molecular formula is C18H23F4N3O. The number of piperidine rings is 1. The van der Waals surface area contributed by atoms with Crippen LogP contribution in [-0.2, 0) is 4.79 Å². The van der Waals surface area contributed by atoms with Crippen molar-refractivity contribution in [1.29, 1.82) is 0 Å². The molecule has 26 heavy (non-hydrogen) atoms. The maximum absolute atomic E-state index is 13.0. The standard InChI is InChI=1S/C18H23F4N3O/c19-14-3-5-15(6-4-14)23-8-10-24(11-9-23)16-2-1-7-25(13-16)17(26)12-18(20,21)22/h3-6,16H,1-2,7-13H2. The fourth-order valence-corrected chi connectivity index (χ4v) is 3.76. The number of carbonyl (C=O) groups excluding carboxylic acids is 1. The van der Waals surface area contributed by atoms with Crippen LogP contribution in [0.5, 0.6) is 0 Å². The van der Waals surface area contributed by atoms with Crippen LogP contribution in [-0.4, -0.2) is 67.2 Å². The van der Waals surface area contributed by atoms with E-state index in [4.69, 9.17) is 0 Å². The zero-order valence-electron chi connectivity index (χ0n) is 14.5. The highest BCUT2D eigenvalue weighted by Gasteiger charge is 2.36. The SMILES string of the molecule is O=C(CC(F)(F)F)N1CCCC(N2CCN(c3ccc(F)cc3)CC2)C1. The first kappa shape index (κ1) is 18.9. The van der Waals surface area contributed by atoms with E-state index in [1.165, 1.54) is 17.0 Å². The van der Waals surface area contributed by atoms with Gasteiger partial charge in [-0.05, 0) is 37.1 Å². The number of anilines is 1. The Labute approximate surface area is 150 Å². The van der Waals surface area contributed by atoms with Crippen molar-refractivity contribution in [1.82, 2.24) is 9.80 Å². The lowest BCUT2D eigenvalue weighted by Gasteiger charge is -2.44. The second-order valence-electron chi connectivity index (χ2n) is 6.93. The van der Waals surface area contributed by atoms with Gasteiger partial charge in [0, 0.05) is 51.0 Å². The molecule has 0 saturated carbocycles. The van der Waals surface area contributed by atoms with Gasteiger partial charge in [0.15, 0.2) is 0 Å². The Balaban J connectivity index is 1.52. The summed E-state index contributed by atoms with van der Waals surface area (Å²) in [5, 5.41) is 0. The van der Waals surface area contributed by atoms with Crippen LogP contribution in [0, 0.1) is 5.82 Å².